The van der Waals surface area contributed by atoms with Crippen molar-refractivity contribution in [2.45, 2.75) is 11.8 Å². The lowest BCUT2D eigenvalue weighted by Crippen LogP contribution is -2.28. The molecule has 0 radical (unpaired) electrons. The van der Waals surface area contributed by atoms with E-state index in [2.05, 4.69) is 4.72 Å². The Morgan fingerprint density at radius 2 is 1.37 bits per heavy atom. The SMILES string of the molecule is Cc1ccc(OCCNS(=O)(=O)c2ccc(Oc3ccccc3)cc2)cc1. The molecule has 3 aromatic carbocycles. The maximum absolute atomic E-state index is 12.4. The first-order valence-corrected chi connectivity index (χ1v) is 10.0. The number of hydrogen-bond acceptors (Lipinski definition) is 4. The normalized spacial score (nSPS) is 11.1. The van der Waals surface area contributed by atoms with E-state index in [0.29, 0.717) is 17.2 Å². The zero-order valence-electron chi connectivity index (χ0n) is 15.0. The summed E-state index contributed by atoms with van der Waals surface area (Å²) in [5.41, 5.74) is 1.14. The fourth-order valence-electron chi connectivity index (χ4n) is 2.37. The zero-order valence-corrected chi connectivity index (χ0v) is 15.8. The lowest BCUT2D eigenvalue weighted by Gasteiger charge is -2.10. The van der Waals surface area contributed by atoms with Crippen LogP contribution in [0.4, 0.5) is 0 Å². The van der Waals surface area contributed by atoms with Crippen molar-refractivity contribution in [3.63, 3.8) is 0 Å². The molecule has 0 aliphatic heterocycles. The van der Waals surface area contributed by atoms with Crippen molar-refractivity contribution in [2.75, 3.05) is 13.2 Å². The van der Waals surface area contributed by atoms with Gasteiger partial charge in [0.25, 0.3) is 0 Å². The summed E-state index contributed by atoms with van der Waals surface area (Å²) in [6.07, 6.45) is 0. The van der Waals surface area contributed by atoms with Gasteiger partial charge in [0.1, 0.15) is 23.9 Å². The molecule has 0 unspecified atom stereocenters. The minimum atomic E-state index is -3.60. The van der Waals surface area contributed by atoms with Gasteiger partial charge in [-0.15, -0.1) is 0 Å². The van der Waals surface area contributed by atoms with Gasteiger partial charge >= 0.3 is 0 Å². The van der Waals surface area contributed by atoms with Gasteiger partial charge in [0.05, 0.1) is 4.90 Å². The Hall–Kier alpha value is -2.83. The van der Waals surface area contributed by atoms with Crippen LogP contribution in [-0.2, 0) is 10.0 Å². The van der Waals surface area contributed by atoms with Crippen LogP contribution in [0.5, 0.6) is 17.2 Å². The molecule has 0 fully saturated rings. The lowest BCUT2D eigenvalue weighted by atomic mass is 10.2. The summed E-state index contributed by atoms with van der Waals surface area (Å²) in [4.78, 5) is 0.179. The topological polar surface area (TPSA) is 64.6 Å². The summed E-state index contributed by atoms with van der Waals surface area (Å²) in [6.45, 7) is 2.42. The zero-order chi connectivity index (χ0) is 19.1. The molecule has 0 aliphatic rings. The average Bonchev–Trinajstić information content (AvgIpc) is 2.68. The first kappa shape index (κ1) is 18.9. The molecule has 3 aromatic rings. The molecule has 3 rings (SSSR count). The predicted molar refractivity (Wildman–Crippen MR) is 105 cm³/mol. The van der Waals surface area contributed by atoms with Crippen LogP contribution in [0.3, 0.4) is 0 Å². The Balaban J connectivity index is 1.52. The van der Waals surface area contributed by atoms with Crippen LogP contribution in [0, 0.1) is 6.92 Å². The first-order chi connectivity index (χ1) is 13.0. The molecule has 1 N–H and O–H groups in total. The highest BCUT2D eigenvalue weighted by atomic mass is 32.2. The van der Waals surface area contributed by atoms with Crippen molar-refractivity contribution in [3.05, 3.63) is 84.4 Å². The van der Waals surface area contributed by atoms with Gasteiger partial charge in [0, 0.05) is 6.54 Å². The Morgan fingerprint density at radius 1 is 0.778 bits per heavy atom. The van der Waals surface area contributed by atoms with Gasteiger partial charge in [0.2, 0.25) is 10.0 Å². The molecule has 0 bridgehead atoms. The highest BCUT2D eigenvalue weighted by Gasteiger charge is 2.13. The van der Waals surface area contributed by atoms with Crippen molar-refractivity contribution in [1.82, 2.24) is 4.72 Å². The van der Waals surface area contributed by atoms with E-state index >= 15 is 0 Å². The number of nitrogens with one attached hydrogen (secondary N) is 1. The second-order valence-electron chi connectivity index (χ2n) is 5.95. The third-order valence-electron chi connectivity index (χ3n) is 3.80. The van der Waals surface area contributed by atoms with E-state index in [1.54, 1.807) is 12.1 Å². The highest BCUT2D eigenvalue weighted by Crippen LogP contribution is 2.22. The molecular formula is C21H21NO4S. The average molecular weight is 383 g/mol. The Bertz CT molecular complexity index is 953. The van der Waals surface area contributed by atoms with Crippen LogP contribution in [0.1, 0.15) is 5.56 Å². The number of benzene rings is 3. The molecular weight excluding hydrogens is 362 g/mol. The summed E-state index contributed by atoms with van der Waals surface area (Å²) >= 11 is 0. The molecule has 6 heteroatoms. The van der Waals surface area contributed by atoms with Crippen LogP contribution in [0.25, 0.3) is 0 Å². The van der Waals surface area contributed by atoms with Crippen molar-refractivity contribution in [3.8, 4) is 17.2 Å². The minimum absolute atomic E-state index is 0.179. The van der Waals surface area contributed by atoms with E-state index in [9.17, 15) is 8.42 Å². The molecule has 0 spiro atoms. The Labute approximate surface area is 159 Å². The largest absolute Gasteiger partial charge is 0.492 e. The van der Waals surface area contributed by atoms with Crippen LogP contribution in [-0.4, -0.2) is 21.6 Å². The summed E-state index contributed by atoms with van der Waals surface area (Å²) in [5, 5.41) is 0. The maximum atomic E-state index is 12.4. The van der Waals surface area contributed by atoms with E-state index in [1.807, 2.05) is 61.5 Å². The maximum Gasteiger partial charge on any atom is 0.240 e. The second-order valence-corrected chi connectivity index (χ2v) is 7.71. The molecule has 0 aromatic heterocycles. The van der Waals surface area contributed by atoms with Gasteiger partial charge in [-0.1, -0.05) is 35.9 Å². The fourth-order valence-corrected chi connectivity index (χ4v) is 3.39. The van der Waals surface area contributed by atoms with Gasteiger partial charge in [-0.3, -0.25) is 0 Å². The van der Waals surface area contributed by atoms with Crippen LogP contribution in [0.15, 0.2) is 83.8 Å². The van der Waals surface area contributed by atoms with Gasteiger partial charge < -0.3 is 9.47 Å². The van der Waals surface area contributed by atoms with E-state index in [1.165, 1.54) is 12.1 Å². The smallest absolute Gasteiger partial charge is 0.240 e. The number of sulfonamides is 1. The van der Waals surface area contributed by atoms with Crippen LogP contribution in [0.2, 0.25) is 0 Å². The molecule has 5 nitrogen and oxygen atoms in total. The summed E-state index contributed by atoms with van der Waals surface area (Å²) in [6, 6.07) is 23.2. The Kier molecular flexibility index (Phi) is 6.11. The minimum Gasteiger partial charge on any atom is -0.492 e. The van der Waals surface area contributed by atoms with Crippen LogP contribution < -0.4 is 14.2 Å². The number of aryl methyl sites for hydroxylation is 1. The summed E-state index contributed by atoms with van der Waals surface area (Å²) in [7, 11) is -3.60. The summed E-state index contributed by atoms with van der Waals surface area (Å²) in [5.74, 6) is 1.98. The fraction of sp³-hybridized carbons (Fsp3) is 0.143. The predicted octanol–water partition coefficient (Wildman–Crippen LogP) is 4.14. The van der Waals surface area contributed by atoms with E-state index < -0.39 is 10.0 Å². The third kappa shape index (κ3) is 5.57. The second kappa shape index (κ2) is 8.70. The third-order valence-corrected chi connectivity index (χ3v) is 5.27. The molecule has 27 heavy (non-hydrogen) atoms. The molecule has 0 atom stereocenters. The molecule has 0 amide bonds. The van der Waals surface area contributed by atoms with Crippen molar-refractivity contribution >= 4 is 10.0 Å². The van der Waals surface area contributed by atoms with E-state index in [0.717, 1.165) is 5.56 Å². The standard InChI is InChI=1S/C21H21NO4S/c1-17-7-9-18(10-8-17)25-16-15-22-27(23,24)21-13-11-20(12-14-21)26-19-5-3-2-4-6-19/h2-14,22H,15-16H2,1H3. The van der Waals surface area contributed by atoms with Crippen LogP contribution >= 0.6 is 0 Å². The highest BCUT2D eigenvalue weighted by molar-refractivity contribution is 7.89. The number of rotatable bonds is 8. The van der Waals surface area contributed by atoms with Gasteiger partial charge in [0.15, 0.2) is 0 Å². The van der Waals surface area contributed by atoms with Gasteiger partial charge in [-0.2, -0.15) is 0 Å². The van der Waals surface area contributed by atoms with Gasteiger partial charge in [-0.05, 0) is 55.5 Å². The summed E-state index contributed by atoms with van der Waals surface area (Å²) < 4.78 is 38.4. The van der Waals surface area contributed by atoms with Crippen molar-refractivity contribution < 1.29 is 17.9 Å². The van der Waals surface area contributed by atoms with E-state index in [-0.39, 0.29) is 18.0 Å². The van der Waals surface area contributed by atoms with E-state index in [4.69, 9.17) is 9.47 Å². The molecule has 0 aliphatic carbocycles. The van der Waals surface area contributed by atoms with Crippen molar-refractivity contribution in [1.29, 1.82) is 0 Å². The monoisotopic (exact) mass is 383 g/mol. The quantitative estimate of drug-likeness (QED) is 0.594. The van der Waals surface area contributed by atoms with Crippen molar-refractivity contribution in [2.24, 2.45) is 0 Å². The first-order valence-electron chi connectivity index (χ1n) is 8.55. The van der Waals surface area contributed by atoms with Gasteiger partial charge in [-0.25, -0.2) is 13.1 Å². The number of para-hydroxylation sites is 1. The lowest BCUT2D eigenvalue weighted by molar-refractivity contribution is 0.323. The number of ether oxygens (including phenoxy) is 2. The number of hydrogen-bond donors (Lipinski definition) is 1. The molecule has 140 valence electrons. The Morgan fingerprint density at radius 3 is 2.04 bits per heavy atom. The molecule has 0 saturated carbocycles. The molecule has 0 heterocycles. The molecule has 0 saturated heterocycles.